The number of fused-ring (bicyclic) bond motifs is 1. The van der Waals surface area contributed by atoms with Gasteiger partial charge in [-0.2, -0.15) is 13.2 Å². The number of thioether (sulfide) groups is 1. The Labute approximate surface area is 179 Å². The maximum Gasteiger partial charge on any atom is 0.417 e. The highest BCUT2D eigenvalue weighted by molar-refractivity contribution is 7.99. The second-order valence-electron chi connectivity index (χ2n) is 6.36. The molecular weight excluding hydrogens is 443 g/mol. The highest BCUT2D eigenvalue weighted by Gasteiger charge is 2.33. The first-order chi connectivity index (χ1) is 14.2. The number of nitrogens with zero attached hydrogens (tertiary/aromatic N) is 2. The number of ether oxygens (including phenoxy) is 1. The van der Waals surface area contributed by atoms with Gasteiger partial charge in [-0.15, -0.1) is 11.8 Å². The lowest BCUT2D eigenvalue weighted by Crippen LogP contribution is -2.49. The quantitative estimate of drug-likeness (QED) is 0.526. The van der Waals surface area contributed by atoms with E-state index in [1.54, 1.807) is 31.2 Å². The molecule has 0 aliphatic carbocycles. The van der Waals surface area contributed by atoms with E-state index in [9.17, 15) is 22.8 Å². The predicted octanol–water partition coefficient (Wildman–Crippen LogP) is 3.78. The molecule has 0 fully saturated rings. The second-order valence-corrected chi connectivity index (χ2v) is 7.85. The summed E-state index contributed by atoms with van der Waals surface area (Å²) in [5, 5.41) is 2.81. The molecule has 0 saturated carbocycles. The third-order valence-electron chi connectivity index (χ3n) is 4.17. The fourth-order valence-corrected chi connectivity index (χ4v) is 3.80. The highest BCUT2D eigenvalue weighted by atomic mass is 35.5. The van der Waals surface area contributed by atoms with E-state index in [4.69, 9.17) is 16.3 Å². The molecule has 6 nitrogen and oxygen atoms in total. The van der Waals surface area contributed by atoms with Gasteiger partial charge in [0.15, 0.2) is 6.10 Å². The Morgan fingerprint density at radius 2 is 2.10 bits per heavy atom. The van der Waals surface area contributed by atoms with Gasteiger partial charge in [0, 0.05) is 18.5 Å². The molecule has 0 saturated heterocycles. The summed E-state index contributed by atoms with van der Waals surface area (Å²) in [7, 11) is 0. The molecule has 1 N–H and O–H groups in total. The standard InChI is InChI=1S/C19H17ClF3N3O3S/c1-11-18(28)26(14-4-2-3-5-15(14)29-11)10-16(27)24-6-7-30-17-13(20)8-12(9-25-17)19(21,22)23/h2-5,8-9,11H,6-7,10H2,1H3,(H,24,27)/t11-/m1/s1. The van der Waals surface area contributed by atoms with Crippen molar-refractivity contribution in [3.8, 4) is 5.75 Å². The van der Waals surface area contributed by atoms with Crippen molar-refractivity contribution in [3.63, 3.8) is 0 Å². The van der Waals surface area contributed by atoms with Crippen molar-refractivity contribution in [1.29, 1.82) is 0 Å². The molecule has 1 aliphatic rings. The molecule has 1 aromatic carbocycles. The number of anilines is 1. The molecule has 0 bridgehead atoms. The van der Waals surface area contributed by atoms with Gasteiger partial charge in [0.2, 0.25) is 5.91 Å². The number of hydrogen-bond acceptors (Lipinski definition) is 5. The Kier molecular flexibility index (Phi) is 6.77. The van der Waals surface area contributed by atoms with E-state index in [-0.39, 0.29) is 35.0 Å². The van der Waals surface area contributed by atoms with E-state index in [0.29, 0.717) is 17.2 Å². The zero-order valence-electron chi connectivity index (χ0n) is 15.7. The molecule has 1 aliphatic heterocycles. The van der Waals surface area contributed by atoms with E-state index in [1.807, 2.05) is 0 Å². The summed E-state index contributed by atoms with van der Waals surface area (Å²) in [5.74, 6) is 0.169. The zero-order valence-corrected chi connectivity index (χ0v) is 17.3. The number of amides is 2. The van der Waals surface area contributed by atoms with Crippen molar-refractivity contribution in [1.82, 2.24) is 10.3 Å². The Bertz CT molecular complexity index is 958. The Balaban J connectivity index is 1.52. The number of alkyl halides is 3. The minimum Gasteiger partial charge on any atom is -0.479 e. The van der Waals surface area contributed by atoms with Crippen molar-refractivity contribution >= 4 is 40.9 Å². The summed E-state index contributed by atoms with van der Waals surface area (Å²) in [6.07, 6.45) is -4.49. The van der Waals surface area contributed by atoms with Crippen molar-refractivity contribution in [2.45, 2.75) is 24.2 Å². The van der Waals surface area contributed by atoms with Crippen LogP contribution >= 0.6 is 23.4 Å². The number of halogens is 4. The van der Waals surface area contributed by atoms with Crippen LogP contribution in [0.1, 0.15) is 12.5 Å². The molecule has 1 aromatic heterocycles. The van der Waals surface area contributed by atoms with E-state index < -0.39 is 17.8 Å². The molecule has 160 valence electrons. The van der Waals surface area contributed by atoms with E-state index in [1.165, 1.54) is 4.90 Å². The minimum absolute atomic E-state index is 0.106. The number of para-hydroxylation sites is 2. The maximum atomic E-state index is 12.6. The molecule has 2 aromatic rings. The number of carbonyl (C=O) groups excluding carboxylic acids is 2. The van der Waals surface area contributed by atoms with Gasteiger partial charge < -0.3 is 10.1 Å². The lowest BCUT2D eigenvalue weighted by atomic mass is 10.2. The lowest BCUT2D eigenvalue weighted by molar-refractivity contribution is -0.137. The van der Waals surface area contributed by atoms with Crippen LogP contribution in [0.15, 0.2) is 41.6 Å². The van der Waals surface area contributed by atoms with Crippen LogP contribution in [-0.2, 0) is 15.8 Å². The van der Waals surface area contributed by atoms with Gasteiger partial charge in [-0.1, -0.05) is 23.7 Å². The molecule has 0 radical (unpaired) electrons. The van der Waals surface area contributed by atoms with Crippen LogP contribution in [-0.4, -0.2) is 41.7 Å². The molecule has 2 amide bonds. The van der Waals surface area contributed by atoms with Crippen molar-refractivity contribution in [3.05, 3.63) is 47.1 Å². The third kappa shape index (κ3) is 5.17. The third-order valence-corrected chi connectivity index (χ3v) is 5.58. The summed E-state index contributed by atoms with van der Waals surface area (Å²) < 4.78 is 43.5. The van der Waals surface area contributed by atoms with Crippen molar-refractivity contribution < 1.29 is 27.5 Å². The Morgan fingerprint density at radius 1 is 1.37 bits per heavy atom. The minimum atomic E-state index is -4.51. The normalized spacial score (nSPS) is 16.1. The van der Waals surface area contributed by atoms with Gasteiger partial charge in [0.05, 0.1) is 16.3 Å². The van der Waals surface area contributed by atoms with Crippen LogP contribution in [0.2, 0.25) is 5.02 Å². The SMILES string of the molecule is C[C@H]1Oc2ccccc2N(CC(=O)NCCSc2ncc(C(F)(F)F)cc2Cl)C1=O. The molecule has 3 rings (SSSR count). The summed E-state index contributed by atoms with van der Waals surface area (Å²) in [5.41, 5.74) is -0.402. The van der Waals surface area contributed by atoms with Crippen LogP contribution in [0.3, 0.4) is 0 Å². The molecule has 2 heterocycles. The number of hydrogen-bond donors (Lipinski definition) is 1. The van der Waals surface area contributed by atoms with Gasteiger partial charge in [-0.25, -0.2) is 4.98 Å². The van der Waals surface area contributed by atoms with E-state index >= 15 is 0 Å². The molecule has 30 heavy (non-hydrogen) atoms. The van der Waals surface area contributed by atoms with Crippen LogP contribution in [0, 0.1) is 0 Å². The van der Waals surface area contributed by atoms with Crippen LogP contribution in [0.25, 0.3) is 0 Å². The first-order valence-electron chi connectivity index (χ1n) is 8.86. The van der Waals surface area contributed by atoms with E-state index in [0.717, 1.165) is 24.0 Å². The maximum absolute atomic E-state index is 12.6. The van der Waals surface area contributed by atoms with Gasteiger partial charge in [0.1, 0.15) is 17.3 Å². The molecule has 1 atom stereocenters. The largest absolute Gasteiger partial charge is 0.479 e. The molecule has 0 spiro atoms. The first kappa shape index (κ1) is 22.2. The molecule has 11 heteroatoms. The smallest absolute Gasteiger partial charge is 0.417 e. The number of carbonyl (C=O) groups is 2. The van der Waals surface area contributed by atoms with Gasteiger partial charge in [-0.3, -0.25) is 14.5 Å². The number of nitrogens with one attached hydrogen (secondary N) is 1. The summed E-state index contributed by atoms with van der Waals surface area (Å²) in [4.78, 5) is 29.8. The monoisotopic (exact) mass is 459 g/mol. The average Bonchev–Trinajstić information content (AvgIpc) is 2.69. The summed E-state index contributed by atoms with van der Waals surface area (Å²) >= 11 is 6.97. The number of benzene rings is 1. The summed E-state index contributed by atoms with van der Waals surface area (Å²) in [6, 6.07) is 7.75. The van der Waals surface area contributed by atoms with Crippen molar-refractivity contribution in [2.24, 2.45) is 0 Å². The number of pyridine rings is 1. The number of rotatable bonds is 6. The fourth-order valence-electron chi connectivity index (χ4n) is 2.75. The second kappa shape index (κ2) is 9.13. The van der Waals surface area contributed by atoms with Gasteiger partial charge >= 0.3 is 6.18 Å². The summed E-state index contributed by atoms with van der Waals surface area (Å²) in [6.45, 7) is 1.66. The Morgan fingerprint density at radius 3 is 2.80 bits per heavy atom. The Hall–Kier alpha value is -2.46. The van der Waals surface area contributed by atoms with Crippen molar-refractivity contribution in [2.75, 3.05) is 23.7 Å². The molecule has 0 unspecified atom stereocenters. The van der Waals surface area contributed by atoms with Crippen LogP contribution in [0.4, 0.5) is 18.9 Å². The lowest BCUT2D eigenvalue weighted by Gasteiger charge is -2.32. The first-order valence-corrected chi connectivity index (χ1v) is 10.2. The number of aromatic nitrogens is 1. The van der Waals surface area contributed by atoms with Gasteiger partial charge in [0.25, 0.3) is 5.91 Å². The van der Waals surface area contributed by atoms with E-state index in [2.05, 4.69) is 10.3 Å². The fraction of sp³-hybridized carbons (Fsp3) is 0.316. The predicted molar refractivity (Wildman–Crippen MR) is 107 cm³/mol. The zero-order chi connectivity index (χ0) is 21.9. The highest BCUT2D eigenvalue weighted by Crippen LogP contribution is 2.34. The van der Waals surface area contributed by atoms with Crippen LogP contribution in [0.5, 0.6) is 5.75 Å². The van der Waals surface area contributed by atoms with Gasteiger partial charge in [-0.05, 0) is 25.1 Å². The van der Waals surface area contributed by atoms with Crippen LogP contribution < -0.4 is 15.0 Å². The average molecular weight is 460 g/mol. The molecular formula is C19H17ClF3N3O3S. The topological polar surface area (TPSA) is 71.5 Å².